The van der Waals surface area contributed by atoms with E-state index in [1.807, 2.05) is 6.08 Å². The highest BCUT2D eigenvalue weighted by Crippen LogP contribution is 2.26. The molecule has 0 rings (SSSR count). The zero-order valence-corrected chi connectivity index (χ0v) is 18.0. The van der Waals surface area contributed by atoms with E-state index in [2.05, 4.69) is 25.2 Å². The van der Waals surface area contributed by atoms with Gasteiger partial charge in [-0.15, -0.1) is 0 Å². The van der Waals surface area contributed by atoms with Crippen LogP contribution in [-0.2, 0) is 4.79 Å². The Morgan fingerprint density at radius 2 is 1.54 bits per heavy atom. The number of unbranched alkanes of at least 4 members (excludes halogenated alkanes) is 3. The highest BCUT2D eigenvalue weighted by atomic mass is 16.4. The lowest BCUT2D eigenvalue weighted by Gasteiger charge is -2.31. The van der Waals surface area contributed by atoms with Gasteiger partial charge in [0.05, 0.1) is 11.5 Å². The van der Waals surface area contributed by atoms with Crippen molar-refractivity contribution in [2.24, 2.45) is 5.41 Å². The maximum Gasteiger partial charge on any atom is 0.309 e. The van der Waals surface area contributed by atoms with E-state index in [1.54, 1.807) is 19.9 Å². The number of hydrogen-bond acceptors (Lipinski definition) is 4. The highest BCUT2D eigenvalue weighted by molar-refractivity contribution is 5.73. The molecule has 0 amide bonds. The number of aliphatic hydroxyl groups is 3. The monoisotopic (exact) mass is 396 g/mol. The first-order chi connectivity index (χ1) is 13.0. The molecular formula is C23H40O5. The van der Waals surface area contributed by atoms with Gasteiger partial charge in [-0.3, -0.25) is 4.79 Å². The van der Waals surface area contributed by atoms with E-state index < -0.39 is 29.2 Å². The van der Waals surface area contributed by atoms with Crippen molar-refractivity contribution in [2.45, 2.75) is 96.9 Å². The molecule has 0 heterocycles. The summed E-state index contributed by atoms with van der Waals surface area (Å²) in [7, 11) is 0. The summed E-state index contributed by atoms with van der Waals surface area (Å²) in [5.74, 6) is -0.955. The molecule has 0 saturated heterocycles. The van der Waals surface area contributed by atoms with Gasteiger partial charge in [-0.05, 0) is 59.3 Å². The summed E-state index contributed by atoms with van der Waals surface area (Å²) >= 11 is 0. The number of allylic oxidation sites excluding steroid dienone is 5. The fourth-order valence-corrected chi connectivity index (χ4v) is 2.64. The third-order valence-corrected chi connectivity index (χ3v) is 4.91. The van der Waals surface area contributed by atoms with Gasteiger partial charge in [0.25, 0.3) is 0 Å². The molecule has 0 spiro atoms. The van der Waals surface area contributed by atoms with Gasteiger partial charge in [-0.1, -0.05) is 56.2 Å². The lowest BCUT2D eigenvalue weighted by Crippen LogP contribution is -2.46. The Balaban J connectivity index is 4.31. The van der Waals surface area contributed by atoms with Crippen LogP contribution >= 0.6 is 0 Å². The predicted octanol–water partition coefficient (Wildman–Crippen LogP) is 4.38. The second-order valence-corrected chi connectivity index (χ2v) is 8.28. The molecule has 0 aromatic carbocycles. The van der Waals surface area contributed by atoms with Crippen LogP contribution < -0.4 is 0 Å². The second-order valence-electron chi connectivity index (χ2n) is 8.28. The van der Waals surface area contributed by atoms with Crippen molar-refractivity contribution in [1.29, 1.82) is 0 Å². The molecule has 0 aromatic rings. The zero-order valence-electron chi connectivity index (χ0n) is 18.0. The van der Waals surface area contributed by atoms with E-state index in [0.717, 1.165) is 12.8 Å². The van der Waals surface area contributed by atoms with Crippen molar-refractivity contribution >= 4 is 5.97 Å². The van der Waals surface area contributed by atoms with Gasteiger partial charge in [0, 0.05) is 0 Å². The largest absolute Gasteiger partial charge is 0.481 e. The molecule has 0 fully saturated rings. The van der Waals surface area contributed by atoms with E-state index in [9.17, 15) is 20.1 Å². The Kier molecular flexibility index (Phi) is 13.0. The first-order valence-corrected chi connectivity index (χ1v) is 10.3. The van der Waals surface area contributed by atoms with Crippen molar-refractivity contribution in [3.63, 3.8) is 0 Å². The Labute approximate surface area is 170 Å². The average molecular weight is 397 g/mol. The van der Waals surface area contributed by atoms with E-state index in [1.165, 1.54) is 32.3 Å². The SMILES string of the molecule is CCCCC/C=C\C/C=C\C/C=C\C(C)(O)C(O)C(O)CCC(C)(C)C(=O)O. The number of carboxylic acids is 1. The minimum absolute atomic E-state index is 0.0922. The van der Waals surface area contributed by atoms with Crippen LogP contribution in [0.4, 0.5) is 0 Å². The Morgan fingerprint density at radius 1 is 0.964 bits per heavy atom. The molecule has 28 heavy (non-hydrogen) atoms. The van der Waals surface area contributed by atoms with Crippen LogP contribution in [0.15, 0.2) is 36.5 Å². The zero-order chi connectivity index (χ0) is 21.6. The summed E-state index contributed by atoms with van der Waals surface area (Å²) in [5, 5.41) is 39.8. The van der Waals surface area contributed by atoms with E-state index in [-0.39, 0.29) is 12.8 Å². The maximum atomic E-state index is 11.1. The highest BCUT2D eigenvalue weighted by Gasteiger charge is 2.35. The number of carboxylic acid groups (broad SMARTS) is 1. The summed E-state index contributed by atoms with van der Waals surface area (Å²) in [4.78, 5) is 11.1. The average Bonchev–Trinajstić information content (AvgIpc) is 2.63. The molecule has 3 unspecified atom stereocenters. The van der Waals surface area contributed by atoms with Crippen LogP contribution in [0.3, 0.4) is 0 Å². The van der Waals surface area contributed by atoms with Crippen molar-refractivity contribution in [3.05, 3.63) is 36.5 Å². The smallest absolute Gasteiger partial charge is 0.309 e. The molecule has 0 bridgehead atoms. The van der Waals surface area contributed by atoms with Gasteiger partial charge in [-0.2, -0.15) is 0 Å². The normalized spacial score (nSPS) is 17.4. The minimum atomic E-state index is -1.58. The molecular weight excluding hydrogens is 356 g/mol. The molecule has 3 atom stereocenters. The number of aliphatic hydroxyl groups excluding tert-OH is 2. The summed E-state index contributed by atoms with van der Waals surface area (Å²) in [6, 6.07) is 0. The van der Waals surface area contributed by atoms with Crippen LogP contribution in [0, 0.1) is 5.41 Å². The standard InChI is InChI=1S/C23H40O5/c1-5-6-7-8-9-10-11-12-13-14-15-17-23(4,28)20(25)19(24)16-18-22(2,3)21(26)27/h9-10,12-13,15,17,19-20,24-25,28H,5-8,11,14,16,18H2,1-4H3,(H,26,27)/b10-9-,13-12-,17-15-. The number of aliphatic carboxylic acids is 1. The first kappa shape index (κ1) is 26.6. The fraction of sp³-hybridized carbons (Fsp3) is 0.696. The second kappa shape index (κ2) is 13.7. The summed E-state index contributed by atoms with van der Waals surface area (Å²) in [6.45, 7) is 6.76. The molecule has 0 radical (unpaired) electrons. The summed E-state index contributed by atoms with van der Waals surface area (Å²) in [5.41, 5.74) is -2.57. The molecule has 5 nitrogen and oxygen atoms in total. The van der Waals surface area contributed by atoms with Gasteiger partial charge >= 0.3 is 5.97 Å². The third kappa shape index (κ3) is 11.4. The van der Waals surface area contributed by atoms with E-state index >= 15 is 0 Å². The molecule has 0 aliphatic carbocycles. The van der Waals surface area contributed by atoms with Crippen molar-refractivity contribution in [3.8, 4) is 0 Å². The third-order valence-electron chi connectivity index (χ3n) is 4.91. The van der Waals surface area contributed by atoms with Crippen molar-refractivity contribution in [2.75, 3.05) is 0 Å². The van der Waals surface area contributed by atoms with Crippen LogP contribution in [0.5, 0.6) is 0 Å². The molecule has 0 saturated carbocycles. The van der Waals surface area contributed by atoms with E-state index in [0.29, 0.717) is 6.42 Å². The predicted molar refractivity (Wildman–Crippen MR) is 114 cm³/mol. The molecule has 0 aromatic heterocycles. The quantitative estimate of drug-likeness (QED) is 0.243. The van der Waals surface area contributed by atoms with Gasteiger partial charge in [0.1, 0.15) is 11.7 Å². The minimum Gasteiger partial charge on any atom is -0.481 e. The molecule has 5 heteroatoms. The molecule has 0 aliphatic rings. The van der Waals surface area contributed by atoms with Crippen molar-refractivity contribution in [1.82, 2.24) is 0 Å². The van der Waals surface area contributed by atoms with Crippen LogP contribution in [0.25, 0.3) is 0 Å². The van der Waals surface area contributed by atoms with Crippen molar-refractivity contribution < 1.29 is 25.2 Å². The Morgan fingerprint density at radius 3 is 2.11 bits per heavy atom. The van der Waals surface area contributed by atoms with Crippen LogP contribution in [0.2, 0.25) is 0 Å². The van der Waals surface area contributed by atoms with Gasteiger partial charge in [0.2, 0.25) is 0 Å². The Bertz CT molecular complexity index is 517. The van der Waals surface area contributed by atoms with Crippen LogP contribution in [0.1, 0.15) is 79.1 Å². The lowest BCUT2D eigenvalue weighted by molar-refractivity contribution is -0.148. The van der Waals surface area contributed by atoms with E-state index in [4.69, 9.17) is 5.11 Å². The molecule has 0 aliphatic heterocycles. The first-order valence-electron chi connectivity index (χ1n) is 10.3. The maximum absolute atomic E-state index is 11.1. The summed E-state index contributed by atoms with van der Waals surface area (Å²) < 4.78 is 0. The van der Waals surface area contributed by atoms with Gasteiger partial charge < -0.3 is 20.4 Å². The fourth-order valence-electron chi connectivity index (χ4n) is 2.64. The lowest BCUT2D eigenvalue weighted by atomic mass is 9.84. The number of rotatable bonds is 15. The van der Waals surface area contributed by atoms with Gasteiger partial charge in [0.15, 0.2) is 0 Å². The van der Waals surface area contributed by atoms with Crippen LogP contribution in [-0.4, -0.2) is 44.2 Å². The van der Waals surface area contributed by atoms with Gasteiger partial charge in [-0.25, -0.2) is 0 Å². The number of hydrogen-bond donors (Lipinski definition) is 4. The summed E-state index contributed by atoms with van der Waals surface area (Å²) in [6.07, 6.45) is 15.7. The topological polar surface area (TPSA) is 98.0 Å². The number of carbonyl (C=O) groups is 1. The molecule has 162 valence electrons. The Hall–Kier alpha value is -1.43. The molecule has 4 N–H and O–H groups in total.